The molecule has 80 valence electrons. The van der Waals surface area contributed by atoms with E-state index in [4.69, 9.17) is 9.47 Å². The molecule has 0 aliphatic heterocycles. The highest BCUT2D eigenvalue weighted by Crippen LogP contribution is 2.23. The SMILES string of the molecule is CCNC(C(OC)OC)C(C)(C)C. The molecule has 0 bridgehead atoms. The lowest BCUT2D eigenvalue weighted by molar-refractivity contribution is -0.141. The summed E-state index contributed by atoms with van der Waals surface area (Å²) < 4.78 is 10.5. The minimum absolute atomic E-state index is 0.132. The zero-order valence-corrected chi connectivity index (χ0v) is 9.68. The Kier molecular flexibility index (Phi) is 5.53. The lowest BCUT2D eigenvalue weighted by Gasteiger charge is -2.35. The van der Waals surface area contributed by atoms with Gasteiger partial charge in [0.2, 0.25) is 0 Å². The molecule has 0 spiro atoms. The second kappa shape index (κ2) is 5.58. The second-order valence-electron chi connectivity index (χ2n) is 4.24. The largest absolute Gasteiger partial charge is 0.354 e. The number of rotatable bonds is 5. The fourth-order valence-corrected chi connectivity index (χ4v) is 1.40. The van der Waals surface area contributed by atoms with Gasteiger partial charge in [-0.2, -0.15) is 0 Å². The maximum atomic E-state index is 5.26. The van der Waals surface area contributed by atoms with Gasteiger partial charge in [0.25, 0.3) is 0 Å². The molecule has 0 heterocycles. The minimum Gasteiger partial charge on any atom is -0.354 e. The van der Waals surface area contributed by atoms with Gasteiger partial charge in [0.1, 0.15) is 0 Å². The highest BCUT2D eigenvalue weighted by molar-refractivity contribution is 4.82. The molecule has 0 saturated carbocycles. The molecule has 13 heavy (non-hydrogen) atoms. The summed E-state index contributed by atoms with van der Waals surface area (Å²) in [7, 11) is 3.34. The number of methoxy groups -OCH3 is 2. The monoisotopic (exact) mass is 189 g/mol. The molecule has 1 N–H and O–H groups in total. The molecule has 1 unspecified atom stereocenters. The van der Waals surface area contributed by atoms with Gasteiger partial charge in [-0.25, -0.2) is 0 Å². The Labute approximate surface area is 81.8 Å². The van der Waals surface area contributed by atoms with E-state index < -0.39 is 0 Å². The van der Waals surface area contributed by atoms with Crippen LogP contribution in [-0.2, 0) is 9.47 Å². The first-order valence-corrected chi connectivity index (χ1v) is 4.76. The summed E-state index contributed by atoms with van der Waals surface area (Å²) in [6, 6.07) is 0.215. The van der Waals surface area contributed by atoms with Crippen LogP contribution in [0.5, 0.6) is 0 Å². The van der Waals surface area contributed by atoms with Crippen LogP contribution in [0.25, 0.3) is 0 Å². The molecule has 0 aromatic heterocycles. The van der Waals surface area contributed by atoms with E-state index in [1.807, 2.05) is 0 Å². The van der Waals surface area contributed by atoms with Crippen LogP contribution in [0.2, 0.25) is 0 Å². The fraction of sp³-hybridized carbons (Fsp3) is 1.00. The van der Waals surface area contributed by atoms with Crippen LogP contribution >= 0.6 is 0 Å². The molecule has 0 rings (SSSR count). The van der Waals surface area contributed by atoms with Gasteiger partial charge >= 0.3 is 0 Å². The molecule has 0 saturated heterocycles. The lowest BCUT2D eigenvalue weighted by atomic mass is 9.86. The Bertz CT molecular complexity index is 127. The fourth-order valence-electron chi connectivity index (χ4n) is 1.40. The summed E-state index contributed by atoms with van der Waals surface area (Å²) >= 11 is 0. The molecular weight excluding hydrogens is 166 g/mol. The molecule has 0 aliphatic rings. The van der Waals surface area contributed by atoms with Crippen LogP contribution in [-0.4, -0.2) is 33.1 Å². The van der Waals surface area contributed by atoms with Crippen molar-refractivity contribution in [1.29, 1.82) is 0 Å². The Morgan fingerprint density at radius 3 is 1.85 bits per heavy atom. The number of hydrogen-bond acceptors (Lipinski definition) is 3. The lowest BCUT2D eigenvalue weighted by Crippen LogP contribution is -2.50. The Balaban J connectivity index is 4.38. The van der Waals surface area contributed by atoms with Crippen molar-refractivity contribution in [3.8, 4) is 0 Å². The smallest absolute Gasteiger partial charge is 0.172 e. The van der Waals surface area contributed by atoms with Crippen LogP contribution < -0.4 is 5.32 Å². The molecule has 0 aromatic rings. The average Bonchev–Trinajstić information content (AvgIpc) is 2.03. The van der Waals surface area contributed by atoms with Gasteiger partial charge < -0.3 is 14.8 Å². The molecule has 0 amide bonds. The summed E-state index contributed by atoms with van der Waals surface area (Å²) in [5.74, 6) is 0. The number of likely N-dealkylation sites (N-methyl/N-ethyl adjacent to an activating group) is 1. The van der Waals surface area contributed by atoms with Crippen molar-refractivity contribution < 1.29 is 9.47 Å². The normalized spacial score (nSPS) is 15.0. The van der Waals surface area contributed by atoms with Crippen molar-refractivity contribution in [2.75, 3.05) is 20.8 Å². The van der Waals surface area contributed by atoms with Gasteiger partial charge in [0.15, 0.2) is 6.29 Å². The summed E-state index contributed by atoms with van der Waals surface area (Å²) in [5, 5.41) is 3.37. The van der Waals surface area contributed by atoms with Crippen LogP contribution in [0.3, 0.4) is 0 Å². The van der Waals surface area contributed by atoms with Crippen LogP contribution in [0.1, 0.15) is 27.7 Å². The Morgan fingerprint density at radius 2 is 1.62 bits per heavy atom. The van der Waals surface area contributed by atoms with Crippen molar-refractivity contribution in [3.05, 3.63) is 0 Å². The van der Waals surface area contributed by atoms with Crippen LogP contribution in [0.4, 0.5) is 0 Å². The number of nitrogens with one attached hydrogen (secondary N) is 1. The molecule has 0 aromatic carbocycles. The third-order valence-electron chi connectivity index (χ3n) is 2.09. The zero-order valence-electron chi connectivity index (χ0n) is 9.68. The Morgan fingerprint density at radius 1 is 1.15 bits per heavy atom. The van der Waals surface area contributed by atoms with Crippen molar-refractivity contribution >= 4 is 0 Å². The third kappa shape index (κ3) is 4.07. The second-order valence-corrected chi connectivity index (χ2v) is 4.24. The van der Waals surface area contributed by atoms with Gasteiger partial charge in [-0.1, -0.05) is 27.7 Å². The first-order chi connectivity index (χ1) is 5.97. The van der Waals surface area contributed by atoms with Gasteiger partial charge in [0, 0.05) is 14.2 Å². The van der Waals surface area contributed by atoms with Gasteiger partial charge in [-0.15, -0.1) is 0 Å². The van der Waals surface area contributed by atoms with E-state index in [9.17, 15) is 0 Å². The van der Waals surface area contributed by atoms with Crippen molar-refractivity contribution in [3.63, 3.8) is 0 Å². The first kappa shape index (κ1) is 12.9. The van der Waals surface area contributed by atoms with E-state index in [0.717, 1.165) is 6.54 Å². The standard InChI is InChI=1S/C10H23NO2/c1-7-11-8(10(2,3)4)9(12-5)13-6/h8-9,11H,7H2,1-6H3. The van der Waals surface area contributed by atoms with E-state index in [1.54, 1.807) is 14.2 Å². The summed E-state index contributed by atoms with van der Waals surface area (Å²) in [6.45, 7) is 9.52. The third-order valence-corrected chi connectivity index (χ3v) is 2.09. The quantitative estimate of drug-likeness (QED) is 0.667. The topological polar surface area (TPSA) is 30.5 Å². The van der Waals surface area contributed by atoms with E-state index in [1.165, 1.54) is 0 Å². The Hall–Kier alpha value is -0.120. The predicted octanol–water partition coefficient (Wildman–Crippen LogP) is 1.63. The van der Waals surface area contributed by atoms with E-state index in [0.29, 0.717) is 0 Å². The summed E-state index contributed by atoms with van der Waals surface area (Å²) in [6.07, 6.45) is -0.181. The maximum absolute atomic E-state index is 5.26. The molecule has 3 heteroatoms. The van der Waals surface area contributed by atoms with Crippen LogP contribution in [0, 0.1) is 5.41 Å². The van der Waals surface area contributed by atoms with Crippen molar-refractivity contribution in [1.82, 2.24) is 5.32 Å². The predicted molar refractivity (Wildman–Crippen MR) is 54.7 cm³/mol. The molecule has 0 fully saturated rings. The molecule has 0 aliphatic carbocycles. The molecular formula is C10H23NO2. The highest BCUT2D eigenvalue weighted by Gasteiger charge is 2.31. The highest BCUT2D eigenvalue weighted by atomic mass is 16.7. The van der Waals surface area contributed by atoms with Crippen molar-refractivity contribution in [2.24, 2.45) is 5.41 Å². The van der Waals surface area contributed by atoms with E-state index in [-0.39, 0.29) is 17.7 Å². The van der Waals surface area contributed by atoms with Gasteiger partial charge in [-0.3, -0.25) is 0 Å². The van der Waals surface area contributed by atoms with Crippen molar-refractivity contribution in [2.45, 2.75) is 40.0 Å². The molecule has 1 atom stereocenters. The van der Waals surface area contributed by atoms with Gasteiger partial charge in [0.05, 0.1) is 6.04 Å². The first-order valence-electron chi connectivity index (χ1n) is 4.76. The average molecular weight is 189 g/mol. The summed E-state index contributed by atoms with van der Waals surface area (Å²) in [5.41, 5.74) is 0.132. The minimum atomic E-state index is -0.181. The van der Waals surface area contributed by atoms with Gasteiger partial charge in [-0.05, 0) is 12.0 Å². The molecule has 3 nitrogen and oxygen atoms in total. The molecule has 0 radical (unpaired) electrons. The van der Waals surface area contributed by atoms with E-state index in [2.05, 4.69) is 33.0 Å². The maximum Gasteiger partial charge on any atom is 0.172 e. The number of hydrogen-bond donors (Lipinski definition) is 1. The zero-order chi connectivity index (χ0) is 10.5. The number of ether oxygens (including phenoxy) is 2. The van der Waals surface area contributed by atoms with Crippen LogP contribution in [0.15, 0.2) is 0 Å². The summed E-state index contributed by atoms with van der Waals surface area (Å²) in [4.78, 5) is 0. The van der Waals surface area contributed by atoms with E-state index >= 15 is 0 Å².